The van der Waals surface area contributed by atoms with E-state index in [-0.39, 0.29) is 32.6 Å². The predicted molar refractivity (Wildman–Crippen MR) is 68.2 cm³/mol. The van der Waals surface area contributed by atoms with Crippen molar-refractivity contribution in [1.82, 2.24) is 9.97 Å². The molecule has 0 spiro atoms. The quantitative estimate of drug-likeness (QED) is 0.685. The van der Waals surface area contributed by atoms with E-state index in [2.05, 4.69) is 31.2 Å². The minimum absolute atomic E-state index is 0.114. The second-order valence-electron chi connectivity index (χ2n) is 3.46. The lowest BCUT2D eigenvalue weighted by molar-refractivity contribution is -0.116. The lowest BCUT2D eigenvalue weighted by atomic mass is 10.1. The van der Waals surface area contributed by atoms with E-state index in [1.54, 1.807) is 0 Å². The summed E-state index contributed by atoms with van der Waals surface area (Å²) in [6.45, 7) is 3.85. The molecule has 0 saturated carbocycles. The number of rotatable bonds is 3. The van der Waals surface area contributed by atoms with Crippen molar-refractivity contribution in [3.63, 3.8) is 0 Å². The van der Waals surface area contributed by atoms with Crippen LogP contribution in [0, 0.1) is 5.92 Å². The Labute approximate surface area is 112 Å². The molecule has 1 aromatic heterocycles. The van der Waals surface area contributed by atoms with Crippen molar-refractivity contribution in [2.45, 2.75) is 18.7 Å². The van der Waals surface area contributed by atoms with Crippen LogP contribution in [-0.4, -0.2) is 20.7 Å². The molecule has 0 saturated heterocycles. The van der Waals surface area contributed by atoms with E-state index in [4.69, 9.17) is 23.2 Å². The number of alkyl halides is 1. The van der Waals surface area contributed by atoms with Gasteiger partial charge in [0, 0.05) is 0 Å². The van der Waals surface area contributed by atoms with E-state index in [1.165, 1.54) is 6.33 Å². The molecule has 1 unspecified atom stereocenters. The Bertz CT molecular complexity index is 400. The first kappa shape index (κ1) is 13.7. The van der Waals surface area contributed by atoms with Crippen LogP contribution in [0.25, 0.3) is 0 Å². The molecule has 1 heterocycles. The van der Waals surface area contributed by atoms with E-state index in [9.17, 15) is 4.79 Å². The SMILES string of the molecule is CC(C)C(Br)C(=O)Nc1ncnc(Cl)c1Cl. The standard InChI is InChI=1S/C9H10BrCl2N3O/c1-4(2)5(10)9(16)15-8-6(11)7(12)13-3-14-8/h3-5H,1-2H3,(H,13,14,15,16). The summed E-state index contributed by atoms with van der Waals surface area (Å²) >= 11 is 14.8. The Kier molecular flexibility index (Phi) is 4.95. The molecule has 0 aliphatic rings. The first-order chi connectivity index (χ1) is 7.43. The third-order valence-electron chi connectivity index (χ3n) is 1.82. The van der Waals surface area contributed by atoms with Gasteiger partial charge in [-0.1, -0.05) is 53.0 Å². The predicted octanol–water partition coefficient (Wildman–Crippen LogP) is 3.14. The van der Waals surface area contributed by atoms with Crippen molar-refractivity contribution in [3.05, 3.63) is 16.5 Å². The zero-order valence-electron chi connectivity index (χ0n) is 8.67. The van der Waals surface area contributed by atoms with Crippen LogP contribution in [0.15, 0.2) is 6.33 Å². The molecule has 16 heavy (non-hydrogen) atoms. The van der Waals surface area contributed by atoms with Crippen LogP contribution < -0.4 is 5.32 Å². The van der Waals surface area contributed by atoms with Crippen LogP contribution in [0.5, 0.6) is 0 Å². The highest BCUT2D eigenvalue weighted by molar-refractivity contribution is 9.10. The third kappa shape index (κ3) is 3.30. The first-order valence-electron chi connectivity index (χ1n) is 4.54. The van der Waals surface area contributed by atoms with Gasteiger partial charge in [-0.05, 0) is 5.92 Å². The fourth-order valence-corrected chi connectivity index (χ4v) is 1.32. The maximum Gasteiger partial charge on any atom is 0.239 e. The van der Waals surface area contributed by atoms with E-state index in [1.807, 2.05) is 13.8 Å². The molecule has 0 aliphatic heterocycles. The molecule has 7 heteroatoms. The van der Waals surface area contributed by atoms with Crippen LogP contribution >= 0.6 is 39.1 Å². The largest absolute Gasteiger partial charge is 0.308 e. The molecule has 0 bridgehead atoms. The number of aromatic nitrogens is 2. The van der Waals surface area contributed by atoms with Gasteiger partial charge >= 0.3 is 0 Å². The van der Waals surface area contributed by atoms with Crippen molar-refractivity contribution in [2.75, 3.05) is 5.32 Å². The second kappa shape index (κ2) is 5.80. The number of anilines is 1. The molecule has 1 rings (SSSR count). The normalized spacial score (nSPS) is 12.6. The molecule has 1 atom stereocenters. The lowest BCUT2D eigenvalue weighted by Crippen LogP contribution is -2.27. The van der Waals surface area contributed by atoms with E-state index in [0.717, 1.165) is 0 Å². The number of amides is 1. The molecule has 1 amide bonds. The van der Waals surface area contributed by atoms with Gasteiger partial charge in [-0.25, -0.2) is 9.97 Å². The average molecular weight is 327 g/mol. The van der Waals surface area contributed by atoms with Crippen molar-refractivity contribution in [1.29, 1.82) is 0 Å². The number of carbonyl (C=O) groups is 1. The minimum Gasteiger partial charge on any atom is -0.308 e. The highest BCUT2D eigenvalue weighted by atomic mass is 79.9. The number of nitrogens with one attached hydrogen (secondary N) is 1. The summed E-state index contributed by atoms with van der Waals surface area (Å²) < 4.78 is 0. The first-order valence-corrected chi connectivity index (χ1v) is 6.21. The number of nitrogens with zero attached hydrogens (tertiary/aromatic N) is 2. The molecule has 0 aromatic carbocycles. The molecule has 0 radical (unpaired) electrons. The molecule has 88 valence electrons. The summed E-state index contributed by atoms with van der Waals surface area (Å²) in [5.74, 6) is 0.166. The van der Waals surface area contributed by atoms with Gasteiger partial charge in [0.1, 0.15) is 11.3 Å². The molecule has 1 N–H and O–H groups in total. The van der Waals surface area contributed by atoms with Gasteiger partial charge in [0.05, 0.1) is 4.83 Å². The van der Waals surface area contributed by atoms with E-state index >= 15 is 0 Å². The van der Waals surface area contributed by atoms with Gasteiger partial charge < -0.3 is 5.32 Å². The van der Waals surface area contributed by atoms with E-state index in [0.29, 0.717) is 0 Å². The second-order valence-corrected chi connectivity index (χ2v) is 5.18. The molecule has 4 nitrogen and oxygen atoms in total. The Balaban J connectivity index is 2.81. The average Bonchev–Trinajstić information content (AvgIpc) is 2.23. The van der Waals surface area contributed by atoms with Crippen molar-refractivity contribution in [3.8, 4) is 0 Å². The summed E-state index contributed by atoms with van der Waals surface area (Å²) in [5, 5.41) is 2.83. The van der Waals surface area contributed by atoms with Gasteiger partial charge in [0.2, 0.25) is 5.91 Å². The van der Waals surface area contributed by atoms with Crippen LogP contribution in [0.2, 0.25) is 10.2 Å². The highest BCUT2D eigenvalue weighted by Crippen LogP contribution is 2.26. The van der Waals surface area contributed by atoms with Crippen LogP contribution in [0.3, 0.4) is 0 Å². The lowest BCUT2D eigenvalue weighted by Gasteiger charge is -2.13. The molecule has 0 aliphatic carbocycles. The molecular formula is C9H10BrCl2N3O. The van der Waals surface area contributed by atoms with Gasteiger partial charge in [-0.15, -0.1) is 0 Å². The van der Waals surface area contributed by atoms with Gasteiger partial charge in [0.25, 0.3) is 0 Å². The summed E-state index contributed by atoms with van der Waals surface area (Å²) in [4.78, 5) is 18.9. The van der Waals surface area contributed by atoms with Gasteiger partial charge in [-0.2, -0.15) is 0 Å². The fraction of sp³-hybridized carbons (Fsp3) is 0.444. The zero-order valence-corrected chi connectivity index (χ0v) is 11.8. The van der Waals surface area contributed by atoms with Crippen molar-refractivity contribution in [2.24, 2.45) is 5.92 Å². The molecule has 0 fully saturated rings. The topological polar surface area (TPSA) is 54.9 Å². The number of halogens is 3. The smallest absolute Gasteiger partial charge is 0.239 e. The zero-order chi connectivity index (χ0) is 12.3. The monoisotopic (exact) mass is 325 g/mol. The minimum atomic E-state index is -0.308. The third-order valence-corrected chi connectivity index (χ3v) is 4.04. The summed E-state index contributed by atoms with van der Waals surface area (Å²) in [7, 11) is 0. The van der Waals surface area contributed by atoms with Gasteiger partial charge in [0.15, 0.2) is 11.0 Å². The fourth-order valence-electron chi connectivity index (χ4n) is 0.924. The number of hydrogen-bond donors (Lipinski definition) is 1. The Morgan fingerprint density at radius 1 is 1.44 bits per heavy atom. The Hall–Kier alpha value is -0.390. The number of carbonyl (C=O) groups excluding carboxylic acids is 1. The van der Waals surface area contributed by atoms with Crippen molar-refractivity contribution >= 4 is 50.9 Å². The van der Waals surface area contributed by atoms with E-state index < -0.39 is 0 Å². The Morgan fingerprint density at radius 2 is 2.06 bits per heavy atom. The van der Waals surface area contributed by atoms with Crippen molar-refractivity contribution < 1.29 is 4.79 Å². The summed E-state index contributed by atoms with van der Waals surface area (Å²) in [5.41, 5.74) is 0. The summed E-state index contributed by atoms with van der Waals surface area (Å²) in [6.07, 6.45) is 1.24. The maximum absolute atomic E-state index is 11.7. The Morgan fingerprint density at radius 3 is 2.62 bits per heavy atom. The number of hydrogen-bond acceptors (Lipinski definition) is 3. The van der Waals surface area contributed by atoms with Crippen LogP contribution in [-0.2, 0) is 4.79 Å². The molecule has 1 aromatic rings. The van der Waals surface area contributed by atoms with Crippen LogP contribution in [0.4, 0.5) is 5.82 Å². The van der Waals surface area contributed by atoms with Crippen LogP contribution in [0.1, 0.15) is 13.8 Å². The molecular weight excluding hydrogens is 317 g/mol. The van der Waals surface area contributed by atoms with Gasteiger partial charge in [-0.3, -0.25) is 4.79 Å². The summed E-state index contributed by atoms with van der Waals surface area (Å²) in [6, 6.07) is 0. The maximum atomic E-state index is 11.7. The highest BCUT2D eigenvalue weighted by Gasteiger charge is 2.20.